The van der Waals surface area contributed by atoms with Crippen molar-refractivity contribution >= 4 is 11.6 Å². The minimum absolute atomic E-state index is 0.123. The molecule has 1 N–H and O–H groups in total. The Kier molecular flexibility index (Phi) is 5.18. The molecule has 1 amide bonds. The maximum absolute atomic E-state index is 12.0. The van der Waals surface area contributed by atoms with E-state index in [9.17, 15) is 4.79 Å². The lowest BCUT2D eigenvalue weighted by Gasteiger charge is -2.29. The fourth-order valence-electron chi connectivity index (χ4n) is 2.64. The topological polar surface area (TPSA) is 32.3 Å². The fourth-order valence-corrected chi connectivity index (χ4v) is 2.64. The summed E-state index contributed by atoms with van der Waals surface area (Å²) in [6.45, 7) is 9.58. The summed E-state index contributed by atoms with van der Waals surface area (Å²) in [6.07, 6.45) is 3.11. The zero-order valence-electron chi connectivity index (χ0n) is 12.9. The highest BCUT2D eigenvalue weighted by Crippen LogP contribution is 2.19. The van der Waals surface area contributed by atoms with Crippen molar-refractivity contribution in [3.05, 3.63) is 29.3 Å². The molecule has 20 heavy (non-hydrogen) atoms. The van der Waals surface area contributed by atoms with Crippen molar-refractivity contribution in [1.82, 2.24) is 4.90 Å². The Morgan fingerprint density at radius 1 is 1.30 bits per heavy atom. The monoisotopic (exact) mass is 274 g/mol. The molecule has 110 valence electrons. The van der Waals surface area contributed by atoms with Gasteiger partial charge >= 0.3 is 0 Å². The molecule has 3 nitrogen and oxygen atoms in total. The van der Waals surface area contributed by atoms with Crippen molar-refractivity contribution in [2.24, 2.45) is 5.92 Å². The third-order valence-electron chi connectivity index (χ3n) is 4.41. The lowest BCUT2D eigenvalue weighted by atomic mass is 9.99. The van der Waals surface area contributed by atoms with Crippen molar-refractivity contribution in [3.8, 4) is 0 Å². The molecule has 1 fully saturated rings. The Labute approximate surface area is 122 Å². The largest absolute Gasteiger partial charge is 0.326 e. The first-order valence-electron chi connectivity index (χ1n) is 7.64. The number of carbonyl (C=O) groups is 1. The predicted molar refractivity (Wildman–Crippen MR) is 84.0 cm³/mol. The van der Waals surface area contributed by atoms with Gasteiger partial charge in [-0.3, -0.25) is 4.79 Å². The van der Waals surface area contributed by atoms with E-state index < -0.39 is 0 Å². The zero-order chi connectivity index (χ0) is 14.5. The Hall–Kier alpha value is -1.35. The highest BCUT2D eigenvalue weighted by Gasteiger charge is 2.16. The Morgan fingerprint density at radius 2 is 2.00 bits per heavy atom. The van der Waals surface area contributed by atoms with Gasteiger partial charge in [-0.05, 0) is 62.9 Å². The molecule has 0 saturated carbocycles. The van der Waals surface area contributed by atoms with E-state index in [0.717, 1.165) is 36.8 Å². The second-order valence-electron chi connectivity index (χ2n) is 6.07. The molecule has 3 heteroatoms. The number of anilines is 1. The summed E-state index contributed by atoms with van der Waals surface area (Å²) in [5.74, 6) is 0.965. The van der Waals surface area contributed by atoms with E-state index in [0.29, 0.717) is 6.42 Å². The molecule has 0 unspecified atom stereocenters. The van der Waals surface area contributed by atoms with Crippen LogP contribution >= 0.6 is 0 Å². The molecule has 0 radical (unpaired) electrons. The molecular weight excluding hydrogens is 248 g/mol. The van der Waals surface area contributed by atoms with Crippen molar-refractivity contribution in [3.63, 3.8) is 0 Å². The van der Waals surface area contributed by atoms with Gasteiger partial charge in [0.1, 0.15) is 0 Å². The summed E-state index contributed by atoms with van der Waals surface area (Å²) in [5.41, 5.74) is 3.32. The number of rotatable bonds is 4. The van der Waals surface area contributed by atoms with Crippen LogP contribution in [0.2, 0.25) is 0 Å². The van der Waals surface area contributed by atoms with Gasteiger partial charge in [-0.25, -0.2) is 0 Å². The molecule has 0 bridgehead atoms. The summed E-state index contributed by atoms with van der Waals surface area (Å²) < 4.78 is 0. The Balaban J connectivity index is 1.79. The van der Waals surface area contributed by atoms with E-state index in [1.54, 1.807) is 0 Å². The quantitative estimate of drug-likeness (QED) is 0.913. The molecule has 1 aromatic rings. The van der Waals surface area contributed by atoms with E-state index in [1.165, 1.54) is 18.4 Å². The van der Waals surface area contributed by atoms with E-state index in [4.69, 9.17) is 0 Å². The number of aryl methyl sites for hydroxylation is 1. The SMILES string of the molecule is Cc1cccc(NC(=O)CCN2CCC(C)CC2)c1C. The molecule has 1 heterocycles. The minimum atomic E-state index is 0.123. The van der Waals surface area contributed by atoms with E-state index in [-0.39, 0.29) is 5.91 Å². The summed E-state index contributed by atoms with van der Waals surface area (Å²) in [5, 5.41) is 3.03. The van der Waals surface area contributed by atoms with Crippen LogP contribution in [0.3, 0.4) is 0 Å². The van der Waals surface area contributed by atoms with Crippen LogP contribution in [0.15, 0.2) is 18.2 Å². The predicted octanol–water partition coefficient (Wildman–Crippen LogP) is 3.36. The molecule has 0 atom stereocenters. The molecule has 0 spiro atoms. The number of piperidine rings is 1. The number of likely N-dealkylation sites (tertiary alicyclic amines) is 1. The normalized spacial score (nSPS) is 17.1. The summed E-state index contributed by atoms with van der Waals surface area (Å²) in [4.78, 5) is 14.5. The van der Waals surface area contributed by atoms with E-state index in [1.807, 2.05) is 12.1 Å². The number of hydrogen-bond acceptors (Lipinski definition) is 2. The lowest BCUT2D eigenvalue weighted by molar-refractivity contribution is -0.116. The summed E-state index contributed by atoms with van der Waals surface area (Å²) in [6, 6.07) is 6.03. The lowest BCUT2D eigenvalue weighted by Crippen LogP contribution is -2.35. The molecule has 1 aliphatic rings. The third-order valence-corrected chi connectivity index (χ3v) is 4.41. The highest BCUT2D eigenvalue weighted by atomic mass is 16.1. The van der Waals surface area contributed by atoms with Crippen LogP contribution in [0.5, 0.6) is 0 Å². The van der Waals surface area contributed by atoms with Gasteiger partial charge in [-0.2, -0.15) is 0 Å². The molecule has 1 saturated heterocycles. The van der Waals surface area contributed by atoms with E-state index in [2.05, 4.69) is 37.1 Å². The second kappa shape index (κ2) is 6.89. The molecule has 1 aliphatic heterocycles. The van der Waals surface area contributed by atoms with Crippen LogP contribution in [0.25, 0.3) is 0 Å². The second-order valence-corrected chi connectivity index (χ2v) is 6.07. The Morgan fingerprint density at radius 3 is 2.70 bits per heavy atom. The van der Waals surface area contributed by atoms with Crippen molar-refractivity contribution in [1.29, 1.82) is 0 Å². The van der Waals surface area contributed by atoms with Crippen LogP contribution in [0.4, 0.5) is 5.69 Å². The molecule has 0 aromatic heterocycles. The molecule has 1 aromatic carbocycles. The summed E-state index contributed by atoms with van der Waals surface area (Å²) in [7, 11) is 0. The van der Waals surface area contributed by atoms with E-state index >= 15 is 0 Å². The average molecular weight is 274 g/mol. The van der Waals surface area contributed by atoms with Crippen LogP contribution in [-0.4, -0.2) is 30.4 Å². The maximum Gasteiger partial charge on any atom is 0.225 e. The van der Waals surface area contributed by atoms with Gasteiger partial charge in [0.2, 0.25) is 5.91 Å². The standard InChI is InChI=1S/C17H26N2O/c1-13-7-10-19(11-8-13)12-9-17(20)18-16-6-4-5-14(2)15(16)3/h4-6,13H,7-12H2,1-3H3,(H,18,20). The zero-order valence-corrected chi connectivity index (χ0v) is 12.9. The number of amides is 1. The maximum atomic E-state index is 12.0. The number of carbonyl (C=O) groups excluding carboxylic acids is 1. The number of hydrogen-bond donors (Lipinski definition) is 1. The minimum Gasteiger partial charge on any atom is -0.326 e. The molecule has 2 rings (SSSR count). The fraction of sp³-hybridized carbons (Fsp3) is 0.588. The van der Waals surface area contributed by atoms with Crippen LogP contribution in [0, 0.1) is 19.8 Å². The number of nitrogens with one attached hydrogen (secondary N) is 1. The van der Waals surface area contributed by atoms with Gasteiger partial charge < -0.3 is 10.2 Å². The number of nitrogens with zero attached hydrogens (tertiary/aromatic N) is 1. The Bertz CT molecular complexity index is 462. The average Bonchev–Trinajstić information content (AvgIpc) is 2.43. The van der Waals surface area contributed by atoms with Crippen LogP contribution in [0.1, 0.15) is 37.3 Å². The van der Waals surface area contributed by atoms with Gasteiger partial charge in [0.15, 0.2) is 0 Å². The van der Waals surface area contributed by atoms with Gasteiger partial charge in [0.25, 0.3) is 0 Å². The van der Waals surface area contributed by atoms with Gasteiger partial charge in [0.05, 0.1) is 0 Å². The van der Waals surface area contributed by atoms with Crippen LogP contribution in [-0.2, 0) is 4.79 Å². The van der Waals surface area contributed by atoms with Gasteiger partial charge in [-0.15, -0.1) is 0 Å². The molecule has 0 aliphatic carbocycles. The first-order valence-corrected chi connectivity index (χ1v) is 7.64. The number of benzene rings is 1. The summed E-state index contributed by atoms with van der Waals surface area (Å²) >= 11 is 0. The van der Waals surface area contributed by atoms with Gasteiger partial charge in [0, 0.05) is 18.7 Å². The van der Waals surface area contributed by atoms with Crippen molar-refractivity contribution < 1.29 is 4.79 Å². The van der Waals surface area contributed by atoms with Crippen LogP contribution < -0.4 is 5.32 Å². The first-order chi connectivity index (χ1) is 9.56. The van der Waals surface area contributed by atoms with Gasteiger partial charge in [-0.1, -0.05) is 19.1 Å². The van der Waals surface area contributed by atoms with Crippen molar-refractivity contribution in [2.45, 2.75) is 40.0 Å². The van der Waals surface area contributed by atoms with Crippen molar-refractivity contribution in [2.75, 3.05) is 25.0 Å². The smallest absolute Gasteiger partial charge is 0.225 e. The molecular formula is C17H26N2O. The third kappa shape index (κ3) is 4.07. The highest BCUT2D eigenvalue weighted by molar-refractivity contribution is 5.91. The first kappa shape index (κ1) is 15.0.